The Hall–Kier alpha value is -1.51. The lowest BCUT2D eigenvalue weighted by Crippen LogP contribution is -1.89. The normalized spacial score (nSPS) is 12.0. The van der Waals surface area contributed by atoms with E-state index in [0.717, 1.165) is 6.54 Å². The standard InChI is InChI=1S/C9H8N2.FH/c1-3-8-7-10-5-2-4-9(10)11(8)6-1;/h1-6H,7H2;1H. The smallest absolute Gasteiger partial charge is 0.117 e. The molecular weight excluding hydrogens is 155 g/mol. The van der Waals surface area contributed by atoms with Crippen LogP contribution in [-0.2, 0) is 6.54 Å². The lowest BCUT2D eigenvalue weighted by Gasteiger charge is -1.94. The van der Waals surface area contributed by atoms with Gasteiger partial charge in [-0.2, -0.15) is 0 Å². The average Bonchev–Trinajstić information content (AvgIpc) is 2.52. The van der Waals surface area contributed by atoms with Gasteiger partial charge in [0, 0.05) is 18.1 Å². The molecule has 0 fully saturated rings. The molecule has 2 aromatic heterocycles. The molecule has 3 heteroatoms. The van der Waals surface area contributed by atoms with Crippen molar-refractivity contribution >= 4 is 0 Å². The van der Waals surface area contributed by atoms with E-state index in [-0.39, 0.29) is 4.70 Å². The molecule has 1 aliphatic rings. The Balaban J connectivity index is 0.000000563. The zero-order valence-electron chi connectivity index (χ0n) is 6.47. The minimum Gasteiger partial charge on any atom is -0.328 e. The van der Waals surface area contributed by atoms with Gasteiger partial charge in [-0.05, 0) is 24.3 Å². The number of hydrogen-bond acceptors (Lipinski definition) is 0. The van der Waals surface area contributed by atoms with Gasteiger partial charge >= 0.3 is 0 Å². The SMILES string of the molecule is F.c1cc2n(c1)Cc1cccn1-2. The first-order chi connectivity index (χ1) is 5.45. The van der Waals surface area contributed by atoms with Crippen LogP contribution in [0.5, 0.6) is 0 Å². The van der Waals surface area contributed by atoms with Crippen molar-refractivity contribution in [3.05, 3.63) is 42.4 Å². The van der Waals surface area contributed by atoms with Crippen LogP contribution < -0.4 is 0 Å². The average molecular weight is 164 g/mol. The van der Waals surface area contributed by atoms with Crippen molar-refractivity contribution in [3.63, 3.8) is 0 Å². The highest BCUT2D eigenvalue weighted by molar-refractivity contribution is 5.35. The summed E-state index contributed by atoms with van der Waals surface area (Å²) in [5, 5.41) is 0. The molecule has 0 N–H and O–H groups in total. The first kappa shape index (κ1) is 7.16. The predicted molar refractivity (Wildman–Crippen MR) is 45.4 cm³/mol. The molecule has 1 aliphatic heterocycles. The van der Waals surface area contributed by atoms with E-state index in [1.165, 1.54) is 11.5 Å². The van der Waals surface area contributed by atoms with Gasteiger partial charge in [-0.1, -0.05) is 0 Å². The van der Waals surface area contributed by atoms with Crippen LogP contribution in [0.4, 0.5) is 4.70 Å². The molecule has 2 nitrogen and oxygen atoms in total. The molecule has 0 aromatic carbocycles. The lowest BCUT2D eigenvalue weighted by molar-refractivity contribution is 0.853. The Bertz CT molecular complexity index is 362. The van der Waals surface area contributed by atoms with E-state index in [1.807, 2.05) is 0 Å². The minimum absolute atomic E-state index is 0. The number of nitrogens with zero attached hydrogens (tertiary/aromatic N) is 2. The monoisotopic (exact) mass is 164 g/mol. The van der Waals surface area contributed by atoms with E-state index in [4.69, 9.17) is 0 Å². The molecule has 0 aliphatic carbocycles. The summed E-state index contributed by atoms with van der Waals surface area (Å²) in [5.74, 6) is 1.28. The molecule has 12 heavy (non-hydrogen) atoms. The summed E-state index contributed by atoms with van der Waals surface area (Å²) in [6.45, 7) is 1.02. The van der Waals surface area contributed by atoms with Crippen LogP contribution in [0.2, 0.25) is 0 Å². The van der Waals surface area contributed by atoms with Crippen LogP contribution in [0.15, 0.2) is 36.7 Å². The second kappa shape index (κ2) is 2.24. The predicted octanol–water partition coefficient (Wildman–Crippen LogP) is 1.79. The summed E-state index contributed by atoms with van der Waals surface area (Å²) in [5.41, 5.74) is 1.38. The van der Waals surface area contributed by atoms with Crippen molar-refractivity contribution < 1.29 is 4.70 Å². The Kier molecular flexibility index (Phi) is 1.33. The van der Waals surface area contributed by atoms with E-state index in [1.54, 1.807) is 0 Å². The van der Waals surface area contributed by atoms with Gasteiger partial charge in [-0.25, -0.2) is 0 Å². The van der Waals surface area contributed by atoms with Gasteiger partial charge in [0.2, 0.25) is 0 Å². The molecule has 2 aromatic rings. The Labute approximate surface area is 69.4 Å². The number of aromatic nitrogens is 2. The highest BCUT2D eigenvalue weighted by Crippen LogP contribution is 2.21. The van der Waals surface area contributed by atoms with Crippen molar-refractivity contribution in [2.24, 2.45) is 0 Å². The summed E-state index contributed by atoms with van der Waals surface area (Å²) < 4.78 is 4.47. The molecular formula is C9H9FN2. The molecule has 0 amide bonds. The summed E-state index contributed by atoms with van der Waals surface area (Å²) in [6.07, 6.45) is 4.22. The van der Waals surface area contributed by atoms with Crippen LogP contribution >= 0.6 is 0 Å². The van der Waals surface area contributed by atoms with E-state index < -0.39 is 0 Å². The highest BCUT2D eigenvalue weighted by Gasteiger charge is 2.14. The molecule has 0 unspecified atom stereocenters. The topological polar surface area (TPSA) is 9.86 Å². The van der Waals surface area contributed by atoms with Crippen LogP contribution in [0.25, 0.3) is 5.82 Å². The summed E-state index contributed by atoms with van der Waals surface area (Å²) in [7, 11) is 0. The van der Waals surface area contributed by atoms with Gasteiger partial charge in [-0.15, -0.1) is 0 Å². The first-order valence-electron chi connectivity index (χ1n) is 3.77. The van der Waals surface area contributed by atoms with Crippen molar-refractivity contribution in [3.8, 4) is 5.82 Å². The molecule has 3 heterocycles. The highest BCUT2D eigenvalue weighted by atomic mass is 19.0. The molecule has 62 valence electrons. The number of fused-ring (bicyclic) bond motifs is 3. The van der Waals surface area contributed by atoms with Crippen molar-refractivity contribution in [1.29, 1.82) is 0 Å². The van der Waals surface area contributed by atoms with E-state index >= 15 is 0 Å². The maximum absolute atomic E-state index is 2.25. The minimum atomic E-state index is 0. The molecule has 0 atom stereocenters. The molecule has 0 saturated heterocycles. The third-order valence-electron chi connectivity index (χ3n) is 2.22. The third kappa shape index (κ3) is 0.679. The maximum Gasteiger partial charge on any atom is 0.117 e. The third-order valence-corrected chi connectivity index (χ3v) is 2.22. The van der Waals surface area contributed by atoms with E-state index in [0.29, 0.717) is 0 Å². The van der Waals surface area contributed by atoms with Crippen molar-refractivity contribution in [2.45, 2.75) is 6.54 Å². The molecule has 0 bridgehead atoms. The molecule has 0 saturated carbocycles. The van der Waals surface area contributed by atoms with Gasteiger partial charge < -0.3 is 9.13 Å². The van der Waals surface area contributed by atoms with Gasteiger partial charge in [-0.3, -0.25) is 4.70 Å². The number of hydrogen-bond donors (Lipinski definition) is 0. The fourth-order valence-corrected chi connectivity index (χ4v) is 1.70. The molecule has 0 radical (unpaired) electrons. The largest absolute Gasteiger partial charge is 0.328 e. The van der Waals surface area contributed by atoms with Crippen molar-refractivity contribution in [1.82, 2.24) is 9.13 Å². The molecule has 3 rings (SSSR count). The summed E-state index contributed by atoms with van der Waals surface area (Å²) in [6, 6.07) is 8.47. The van der Waals surface area contributed by atoms with Gasteiger partial charge in [0.05, 0.1) is 6.54 Å². The Morgan fingerprint density at radius 1 is 1.08 bits per heavy atom. The Morgan fingerprint density at radius 2 is 1.92 bits per heavy atom. The maximum atomic E-state index is 2.25. The summed E-state index contributed by atoms with van der Waals surface area (Å²) in [4.78, 5) is 0. The van der Waals surface area contributed by atoms with Gasteiger partial charge in [0.15, 0.2) is 0 Å². The summed E-state index contributed by atoms with van der Waals surface area (Å²) >= 11 is 0. The zero-order valence-corrected chi connectivity index (χ0v) is 6.47. The van der Waals surface area contributed by atoms with Crippen LogP contribution in [-0.4, -0.2) is 9.13 Å². The van der Waals surface area contributed by atoms with Gasteiger partial charge in [0.1, 0.15) is 5.82 Å². The van der Waals surface area contributed by atoms with Crippen LogP contribution in [0.3, 0.4) is 0 Å². The van der Waals surface area contributed by atoms with E-state index in [2.05, 4.69) is 45.8 Å². The zero-order chi connectivity index (χ0) is 7.26. The lowest BCUT2D eigenvalue weighted by atomic mass is 10.4. The number of rotatable bonds is 0. The Morgan fingerprint density at radius 3 is 2.83 bits per heavy atom. The first-order valence-corrected chi connectivity index (χ1v) is 3.77. The molecule has 0 spiro atoms. The fourth-order valence-electron chi connectivity index (χ4n) is 1.70. The van der Waals surface area contributed by atoms with Crippen LogP contribution in [0, 0.1) is 0 Å². The van der Waals surface area contributed by atoms with Gasteiger partial charge in [0.25, 0.3) is 0 Å². The second-order valence-corrected chi connectivity index (χ2v) is 2.86. The van der Waals surface area contributed by atoms with Crippen LogP contribution in [0.1, 0.15) is 5.69 Å². The quantitative estimate of drug-likeness (QED) is 0.479. The number of halogens is 1. The second-order valence-electron chi connectivity index (χ2n) is 2.86. The van der Waals surface area contributed by atoms with E-state index in [9.17, 15) is 0 Å². The fraction of sp³-hybridized carbons (Fsp3) is 0.111. The van der Waals surface area contributed by atoms with Crippen molar-refractivity contribution in [2.75, 3.05) is 0 Å².